The summed E-state index contributed by atoms with van der Waals surface area (Å²) in [7, 11) is -3.65. The number of nitrogens with zero attached hydrogens (tertiary/aromatic N) is 4. The van der Waals surface area contributed by atoms with Gasteiger partial charge in [-0.3, -0.25) is 4.79 Å². The Hall–Kier alpha value is -3.18. The second-order valence-electron chi connectivity index (χ2n) is 7.61. The van der Waals surface area contributed by atoms with Gasteiger partial charge in [0.1, 0.15) is 0 Å². The first-order chi connectivity index (χ1) is 15.6. The van der Waals surface area contributed by atoms with Gasteiger partial charge in [0.15, 0.2) is 0 Å². The molecule has 1 fully saturated rings. The van der Waals surface area contributed by atoms with Crippen molar-refractivity contribution in [1.29, 1.82) is 0 Å². The van der Waals surface area contributed by atoms with E-state index in [1.807, 2.05) is 0 Å². The summed E-state index contributed by atoms with van der Waals surface area (Å²) >= 11 is 0. The van der Waals surface area contributed by atoms with Crippen molar-refractivity contribution in [2.24, 2.45) is 0 Å². The van der Waals surface area contributed by atoms with E-state index in [0.29, 0.717) is 5.69 Å². The summed E-state index contributed by atoms with van der Waals surface area (Å²) in [4.78, 5) is 14.8. The lowest BCUT2D eigenvalue weighted by molar-refractivity contribution is -0.137. The Morgan fingerprint density at radius 1 is 0.970 bits per heavy atom. The standard InChI is InChI=1S/C22H21F3N4O3S/c1-16-20(15-26-29(16)18-7-5-6-17(14-18)22(23,24)25)21(30)27-10-12-28(13-11-27)33(31,32)19-8-3-2-4-9-19/h2-9,14-15H,10-13H2,1H3. The van der Waals surface area contributed by atoms with Gasteiger partial charge in [-0.05, 0) is 37.3 Å². The van der Waals surface area contributed by atoms with Crippen LogP contribution in [0.3, 0.4) is 0 Å². The smallest absolute Gasteiger partial charge is 0.336 e. The number of benzene rings is 2. The summed E-state index contributed by atoms with van der Waals surface area (Å²) < 4.78 is 67.3. The van der Waals surface area contributed by atoms with E-state index in [9.17, 15) is 26.4 Å². The van der Waals surface area contributed by atoms with Crippen LogP contribution in [0.15, 0.2) is 65.7 Å². The zero-order chi connectivity index (χ0) is 23.8. The van der Waals surface area contributed by atoms with Crippen LogP contribution in [-0.4, -0.2) is 59.5 Å². The molecular formula is C22H21F3N4O3S. The van der Waals surface area contributed by atoms with E-state index < -0.39 is 21.8 Å². The first kappa shape index (κ1) is 23.0. The molecule has 0 atom stereocenters. The lowest BCUT2D eigenvalue weighted by atomic mass is 10.2. The van der Waals surface area contributed by atoms with Gasteiger partial charge in [0, 0.05) is 26.2 Å². The molecule has 0 bridgehead atoms. The fraction of sp³-hybridized carbons (Fsp3) is 0.273. The molecule has 0 aliphatic carbocycles. The Labute approximate surface area is 189 Å². The minimum atomic E-state index is -4.49. The molecule has 1 amide bonds. The summed E-state index contributed by atoms with van der Waals surface area (Å²) in [5, 5.41) is 4.11. The van der Waals surface area contributed by atoms with Crippen molar-refractivity contribution in [2.75, 3.05) is 26.2 Å². The zero-order valence-corrected chi connectivity index (χ0v) is 18.5. The van der Waals surface area contributed by atoms with Crippen molar-refractivity contribution < 1.29 is 26.4 Å². The van der Waals surface area contributed by atoms with E-state index in [1.54, 1.807) is 25.1 Å². The second-order valence-corrected chi connectivity index (χ2v) is 9.55. The maximum atomic E-state index is 13.0. The quantitative estimate of drug-likeness (QED) is 0.577. The molecule has 0 radical (unpaired) electrons. The number of carbonyl (C=O) groups is 1. The minimum Gasteiger partial charge on any atom is -0.336 e. The highest BCUT2D eigenvalue weighted by molar-refractivity contribution is 7.89. The topological polar surface area (TPSA) is 75.5 Å². The molecule has 0 unspecified atom stereocenters. The van der Waals surface area contributed by atoms with E-state index in [1.165, 1.54) is 44.3 Å². The molecule has 1 aromatic heterocycles. The predicted molar refractivity (Wildman–Crippen MR) is 114 cm³/mol. The molecule has 3 aromatic rings. The average molecular weight is 478 g/mol. The Balaban J connectivity index is 1.49. The number of piperazine rings is 1. The third-order valence-corrected chi connectivity index (χ3v) is 7.48. The zero-order valence-electron chi connectivity index (χ0n) is 17.7. The highest BCUT2D eigenvalue weighted by Crippen LogP contribution is 2.30. The Morgan fingerprint density at radius 2 is 1.64 bits per heavy atom. The second kappa shape index (κ2) is 8.64. The number of halogens is 3. The molecule has 2 aromatic carbocycles. The first-order valence-electron chi connectivity index (χ1n) is 10.2. The maximum absolute atomic E-state index is 13.0. The van der Waals surface area contributed by atoms with Crippen LogP contribution in [-0.2, 0) is 16.2 Å². The number of carbonyl (C=O) groups excluding carboxylic acids is 1. The van der Waals surface area contributed by atoms with Crippen LogP contribution in [0.1, 0.15) is 21.6 Å². The van der Waals surface area contributed by atoms with E-state index >= 15 is 0 Å². The summed E-state index contributed by atoms with van der Waals surface area (Å²) in [6.07, 6.45) is -3.17. The average Bonchev–Trinajstić information content (AvgIpc) is 3.20. The highest BCUT2D eigenvalue weighted by atomic mass is 32.2. The van der Waals surface area contributed by atoms with Crippen molar-refractivity contribution in [3.63, 3.8) is 0 Å². The van der Waals surface area contributed by atoms with Gasteiger partial charge in [-0.1, -0.05) is 24.3 Å². The Bertz CT molecular complexity index is 1270. The largest absolute Gasteiger partial charge is 0.416 e. The van der Waals surface area contributed by atoms with Crippen molar-refractivity contribution in [1.82, 2.24) is 19.0 Å². The fourth-order valence-electron chi connectivity index (χ4n) is 3.74. The molecule has 1 saturated heterocycles. The molecule has 7 nitrogen and oxygen atoms in total. The Morgan fingerprint density at radius 3 is 2.27 bits per heavy atom. The number of aromatic nitrogens is 2. The highest BCUT2D eigenvalue weighted by Gasteiger charge is 2.32. The number of rotatable bonds is 4. The van der Waals surface area contributed by atoms with Crippen LogP contribution < -0.4 is 0 Å². The van der Waals surface area contributed by atoms with E-state index in [4.69, 9.17) is 0 Å². The number of hydrogen-bond acceptors (Lipinski definition) is 4. The van der Waals surface area contributed by atoms with Crippen LogP contribution in [0.5, 0.6) is 0 Å². The minimum absolute atomic E-state index is 0.143. The van der Waals surface area contributed by atoms with Gasteiger partial charge < -0.3 is 4.90 Å². The predicted octanol–water partition coefficient (Wildman–Crippen LogP) is 3.35. The number of hydrogen-bond donors (Lipinski definition) is 0. The Kier molecular flexibility index (Phi) is 6.02. The van der Waals surface area contributed by atoms with Crippen molar-refractivity contribution in [3.05, 3.63) is 77.6 Å². The molecule has 0 N–H and O–H groups in total. The third-order valence-electron chi connectivity index (χ3n) is 5.57. The summed E-state index contributed by atoms with van der Waals surface area (Å²) in [6.45, 7) is 2.28. The van der Waals surface area contributed by atoms with Crippen LogP contribution in [0.2, 0.25) is 0 Å². The monoisotopic (exact) mass is 478 g/mol. The van der Waals surface area contributed by atoms with Crippen LogP contribution >= 0.6 is 0 Å². The van der Waals surface area contributed by atoms with Gasteiger partial charge in [-0.15, -0.1) is 0 Å². The van der Waals surface area contributed by atoms with E-state index in [2.05, 4.69) is 5.10 Å². The SMILES string of the molecule is Cc1c(C(=O)N2CCN(S(=O)(=O)c3ccccc3)CC2)cnn1-c1cccc(C(F)(F)F)c1. The van der Waals surface area contributed by atoms with E-state index in [0.717, 1.165) is 12.1 Å². The van der Waals surface area contributed by atoms with Gasteiger partial charge in [0.25, 0.3) is 5.91 Å². The number of alkyl halides is 3. The molecule has 174 valence electrons. The molecule has 11 heteroatoms. The molecule has 0 saturated carbocycles. The number of sulfonamides is 1. The normalized spacial score (nSPS) is 15.6. The van der Waals surface area contributed by atoms with Gasteiger partial charge >= 0.3 is 6.18 Å². The summed E-state index contributed by atoms with van der Waals surface area (Å²) in [5.74, 6) is -0.345. The van der Waals surface area contributed by atoms with Crippen LogP contribution in [0.4, 0.5) is 13.2 Å². The van der Waals surface area contributed by atoms with Crippen molar-refractivity contribution >= 4 is 15.9 Å². The maximum Gasteiger partial charge on any atom is 0.416 e. The van der Waals surface area contributed by atoms with Crippen LogP contribution in [0.25, 0.3) is 5.69 Å². The molecule has 33 heavy (non-hydrogen) atoms. The van der Waals surface area contributed by atoms with Gasteiger partial charge in [-0.25, -0.2) is 13.1 Å². The molecule has 1 aliphatic rings. The summed E-state index contributed by atoms with van der Waals surface area (Å²) in [5.41, 5.74) is 0.0455. The van der Waals surface area contributed by atoms with Crippen molar-refractivity contribution in [2.45, 2.75) is 18.0 Å². The molecule has 1 aliphatic heterocycles. The van der Waals surface area contributed by atoms with Gasteiger partial charge in [0.05, 0.1) is 33.6 Å². The van der Waals surface area contributed by atoms with Gasteiger partial charge in [0.2, 0.25) is 10.0 Å². The lowest BCUT2D eigenvalue weighted by Crippen LogP contribution is -2.50. The molecular weight excluding hydrogens is 457 g/mol. The first-order valence-corrected chi connectivity index (χ1v) is 11.6. The van der Waals surface area contributed by atoms with Crippen molar-refractivity contribution in [3.8, 4) is 5.69 Å². The fourth-order valence-corrected chi connectivity index (χ4v) is 5.18. The lowest BCUT2D eigenvalue weighted by Gasteiger charge is -2.34. The van der Waals surface area contributed by atoms with E-state index in [-0.39, 0.29) is 48.2 Å². The van der Waals surface area contributed by atoms with Gasteiger partial charge in [-0.2, -0.15) is 22.6 Å². The van der Waals surface area contributed by atoms with Crippen LogP contribution in [0, 0.1) is 6.92 Å². The molecule has 0 spiro atoms. The summed E-state index contributed by atoms with van der Waals surface area (Å²) in [6, 6.07) is 12.8. The number of amides is 1. The molecule has 4 rings (SSSR count). The molecule has 2 heterocycles. The third kappa shape index (κ3) is 4.51.